The van der Waals surface area contributed by atoms with Gasteiger partial charge in [-0.05, 0) is 108 Å². The molecular weight excluding hydrogens is 997 g/mol. The first-order chi connectivity index (χ1) is 36.5. The molecule has 3 fully saturated rings. The van der Waals surface area contributed by atoms with Crippen LogP contribution in [0.1, 0.15) is 132 Å². The number of carbonyl (C=O) groups is 5. The smallest absolute Gasteiger partial charge is 0.329 e. The lowest BCUT2D eigenvalue weighted by molar-refractivity contribution is -0.265. The highest BCUT2D eigenvalue weighted by molar-refractivity contribution is 6.39. The van der Waals surface area contributed by atoms with Crippen LogP contribution in [0.2, 0.25) is 0 Å². The number of aliphatic hydroxyl groups excluding tert-OH is 4. The molecule has 0 spiro atoms. The molecule has 0 aromatic heterocycles. The van der Waals surface area contributed by atoms with E-state index in [1.165, 1.54) is 14.0 Å². The molecule has 2 saturated heterocycles. The number of cyclic esters (lactones) is 1. The second-order valence-electron chi connectivity index (χ2n) is 22.1. The molecule has 3 heterocycles. The zero-order valence-corrected chi connectivity index (χ0v) is 47.1. The molecule has 16 atom stereocenters. The number of aliphatic hydroxyl groups is 5. The van der Waals surface area contributed by atoms with Crippen LogP contribution in [-0.2, 0) is 52.5 Å². The number of hydrogen-bond donors (Lipinski definition) is 7. The number of oxime groups is 1. The predicted octanol–water partition coefficient (Wildman–Crippen LogP) is 3.92. The third kappa shape index (κ3) is 19.8. The van der Waals surface area contributed by atoms with E-state index in [9.17, 15) is 49.5 Å². The summed E-state index contributed by atoms with van der Waals surface area (Å²) in [6.07, 6.45) is 8.19. The summed E-state index contributed by atoms with van der Waals surface area (Å²) in [5, 5.41) is 64.8. The molecule has 3 aliphatic heterocycles. The second-order valence-corrected chi connectivity index (χ2v) is 22.1. The molecule has 1 aliphatic carbocycles. The Morgan fingerprint density at radius 3 is 2.32 bits per heavy atom. The first-order valence-electron chi connectivity index (χ1n) is 27.7. The summed E-state index contributed by atoms with van der Waals surface area (Å²) in [5.41, 5.74) is 8.12. The number of hydrogen-bond acceptors (Lipinski definition) is 18. The van der Waals surface area contributed by atoms with Gasteiger partial charge in [-0.1, -0.05) is 69.3 Å². The number of nitrogens with zero attached hydrogens (tertiary/aromatic N) is 2. The summed E-state index contributed by atoms with van der Waals surface area (Å²) >= 11 is 0. The molecule has 1 saturated carbocycles. The molecule has 0 unspecified atom stereocenters. The molecule has 0 aromatic rings. The summed E-state index contributed by atoms with van der Waals surface area (Å²) < 4.78 is 29.2. The minimum Gasteiger partial charge on any atom is -0.459 e. The van der Waals surface area contributed by atoms with Gasteiger partial charge < -0.3 is 70.0 Å². The van der Waals surface area contributed by atoms with Crippen molar-refractivity contribution < 1.29 is 78.0 Å². The first kappa shape index (κ1) is 65.3. The van der Waals surface area contributed by atoms with E-state index in [2.05, 4.69) is 10.5 Å². The predicted molar refractivity (Wildman–Crippen MR) is 288 cm³/mol. The molecule has 0 aromatic carbocycles. The van der Waals surface area contributed by atoms with Crippen molar-refractivity contribution in [1.82, 2.24) is 10.2 Å². The Hall–Kier alpha value is -4.22. The van der Waals surface area contributed by atoms with Crippen LogP contribution in [0.15, 0.2) is 52.8 Å². The van der Waals surface area contributed by atoms with Crippen molar-refractivity contribution in [3.63, 3.8) is 0 Å². The van der Waals surface area contributed by atoms with Gasteiger partial charge in [0.15, 0.2) is 6.61 Å². The second kappa shape index (κ2) is 32.1. The van der Waals surface area contributed by atoms with Crippen molar-refractivity contribution in [2.24, 2.45) is 40.5 Å². The van der Waals surface area contributed by atoms with E-state index in [1.807, 2.05) is 51.2 Å². The number of esters is 1. The Balaban J connectivity index is 1.70. The fraction of sp³-hybridized carbons (Fsp3) is 0.754. The number of Topliss-reactive ketones (excluding diaryl/α,β-unsaturated/α-hetero) is 2. The van der Waals surface area contributed by atoms with Crippen LogP contribution in [0, 0.1) is 29.6 Å². The van der Waals surface area contributed by atoms with Crippen LogP contribution >= 0.6 is 0 Å². The van der Waals surface area contributed by atoms with Crippen molar-refractivity contribution in [1.29, 1.82) is 0 Å². The van der Waals surface area contributed by atoms with Gasteiger partial charge in [-0.3, -0.25) is 19.2 Å². The van der Waals surface area contributed by atoms with E-state index < -0.39 is 115 Å². The third-order valence-electron chi connectivity index (χ3n) is 15.7. The van der Waals surface area contributed by atoms with Gasteiger partial charge in [0.2, 0.25) is 5.79 Å². The molecule has 20 heteroatoms. The van der Waals surface area contributed by atoms with Crippen LogP contribution in [0.4, 0.5) is 0 Å². The van der Waals surface area contributed by atoms with E-state index in [4.69, 9.17) is 34.3 Å². The quantitative estimate of drug-likeness (QED) is 0.0426. The Kier molecular flexibility index (Phi) is 27.3. The van der Waals surface area contributed by atoms with Crippen molar-refractivity contribution in [2.75, 3.05) is 47.1 Å². The third-order valence-corrected chi connectivity index (χ3v) is 15.7. The average molecular weight is 1090 g/mol. The number of ketones is 2. The molecule has 77 heavy (non-hydrogen) atoms. The summed E-state index contributed by atoms with van der Waals surface area (Å²) in [6, 6.07) is -2.04. The van der Waals surface area contributed by atoms with E-state index in [1.54, 1.807) is 34.0 Å². The summed E-state index contributed by atoms with van der Waals surface area (Å²) in [4.78, 5) is 73.6. The molecule has 436 valence electrons. The van der Waals surface area contributed by atoms with E-state index in [-0.39, 0.29) is 80.9 Å². The standard InChI is InChI=1S/C57H92N4O16/c1-34-15-11-10-12-16-35(2)47(72-8)31-42-20-18-39(6)57(71,77-42)54(68)55(69)61-24-14-13-17-44(61)56(70)76-48(43(58)29-41-19-21-45(63)49(30-41)73-9)32-46(64)36(3)28-38(5)52(66)53(67)51(37(4)27-34)60-75-33-50(65)59-23-26-74-25-22-40(7)62/h10-12,15-16,28,34,36-37,39,41-49,52-53,63-64,66-67,71H,13-14,17-27,29-33,58H2,1-9H3,(H,59,65)/b12-10?,15-11+,35-16?,38-28+,60-51?/t34-,36-,37-,39-,41+,42+,43-,44+,45-,46-,47+,48+,49-,52-,53+,57-/m1/s1. The van der Waals surface area contributed by atoms with Gasteiger partial charge in [0, 0.05) is 70.4 Å². The minimum atomic E-state index is -2.47. The Morgan fingerprint density at radius 2 is 1.62 bits per heavy atom. The maximum Gasteiger partial charge on any atom is 0.329 e. The number of piperidine rings is 1. The van der Waals surface area contributed by atoms with Crippen molar-refractivity contribution in [3.8, 4) is 0 Å². The summed E-state index contributed by atoms with van der Waals surface area (Å²) in [7, 11) is 3.09. The maximum atomic E-state index is 14.5. The molecule has 4 rings (SSSR count). The van der Waals surface area contributed by atoms with Crippen molar-refractivity contribution in [3.05, 3.63) is 47.6 Å². The molecule has 2 bridgehead atoms. The number of carbonyl (C=O) groups excluding carboxylic acids is 5. The highest BCUT2D eigenvalue weighted by atomic mass is 16.6. The lowest BCUT2D eigenvalue weighted by Crippen LogP contribution is -2.61. The molecule has 0 radical (unpaired) electrons. The van der Waals surface area contributed by atoms with Gasteiger partial charge in [0.05, 0.1) is 49.4 Å². The van der Waals surface area contributed by atoms with E-state index in [0.717, 1.165) is 10.5 Å². The van der Waals surface area contributed by atoms with Crippen LogP contribution in [0.5, 0.6) is 0 Å². The fourth-order valence-electron chi connectivity index (χ4n) is 10.8. The molecule has 4 aliphatic rings. The van der Waals surface area contributed by atoms with Gasteiger partial charge >= 0.3 is 5.97 Å². The number of methoxy groups -OCH3 is 2. The van der Waals surface area contributed by atoms with Crippen LogP contribution in [0.3, 0.4) is 0 Å². The van der Waals surface area contributed by atoms with Gasteiger partial charge in [-0.2, -0.15) is 0 Å². The number of ether oxygens (including phenoxy) is 5. The summed E-state index contributed by atoms with van der Waals surface area (Å²) in [6.45, 7) is 12.2. The Bertz CT molecular complexity index is 2080. The fourth-order valence-corrected chi connectivity index (χ4v) is 10.8. The maximum absolute atomic E-state index is 14.5. The normalized spacial score (nSPS) is 36.2. The highest BCUT2D eigenvalue weighted by Gasteiger charge is 2.53. The zero-order valence-electron chi connectivity index (χ0n) is 47.1. The van der Waals surface area contributed by atoms with Crippen molar-refractivity contribution in [2.45, 2.75) is 199 Å². The van der Waals surface area contributed by atoms with Gasteiger partial charge in [0.25, 0.3) is 17.6 Å². The van der Waals surface area contributed by atoms with Gasteiger partial charge in [-0.25, -0.2) is 4.79 Å². The summed E-state index contributed by atoms with van der Waals surface area (Å²) in [5.74, 6) is -8.08. The molecule has 8 N–H and O–H groups in total. The SMILES string of the molecule is CO[C@H]1C[C@@H]2CC[C@@H](C)[C@@](O)(O2)C(=O)C(=O)N2CCCC[C@H]2C(=O)O[C@H]([C@H](N)C[C@@H]2CC[C@@H](O)[C@H](OC)C2)C[C@@H](O)[C@H](C)/C=C(\C)[C@@H](O)[C@@H](O)C(=NOCC(=O)NCCOCCC(C)=O)[C@H](C)C[C@H](C)/C=C/C=CC=C1C. The van der Waals surface area contributed by atoms with Gasteiger partial charge in [0.1, 0.15) is 30.1 Å². The molecule has 20 nitrogen and oxygen atoms in total. The molecule has 2 amide bonds. The monoisotopic (exact) mass is 1090 g/mol. The van der Waals surface area contributed by atoms with Crippen molar-refractivity contribution >= 4 is 35.1 Å². The van der Waals surface area contributed by atoms with E-state index in [0.29, 0.717) is 57.8 Å². The number of allylic oxidation sites excluding steroid dienone is 5. The number of rotatable bonds is 14. The molecular formula is C57H92N4O16. The minimum absolute atomic E-state index is 0.00656. The number of fused-ring (bicyclic) bond motifs is 3. The lowest BCUT2D eigenvalue weighted by Gasteiger charge is -2.42. The number of amides is 2. The Labute approximate surface area is 455 Å². The Morgan fingerprint density at radius 1 is 0.883 bits per heavy atom. The van der Waals surface area contributed by atoms with Gasteiger partial charge in [-0.15, -0.1) is 0 Å². The number of nitrogens with one attached hydrogen (secondary N) is 1. The zero-order chi connectivity index (χ0) is 57.0. The topological polar surface area (TPSA) is 296 Å². The first-order valence-corrected chi connectivity index (χ1v) is 27.7. The van der Waals surface area contributed by atoms with E-state index >= 15 is 0 Å². The largest absolute Gasteiger partial charge is 0.459 e. The lowest BCUT2D eigenvalue weighted by atomic mass is 9.80. The van der Waals surface area contributed by atoms with Crippen LogP contribution in [0.25, 0.3) is 0 Å². The van der Waals surface area contributed by atoms with Crippen LogP contribution < -0.4 is 11.1 Å². The average Bonchev–Trinajstić information content (AvgIpc) is 3.39. The number of nitrogens with two attached hydrogens (primary N) is 1. The van der Waals surface area contributed by atoms with Crippen LogP contribution in [-0.4, -0.2) is 179 Å². The highest BCUT2D eigenvalue weighted by Crippen LogP contribution is 2.37.